The summed E-state index contributed by atoms with van der Waals surface area (Å²) in [4.78, 5) is 13.6. The summed E-state index contributed by atoms with van der Waals surface area (Å²) >= 11 is 0. The number of carbonyl (C=O) groups is 1. The third-order valence-corrected chi connectivity index (χ3v) is 8.34. The van der Waals surface area contributed by atoms with Crippen LogP contribution in [0, 0.1) is 6.92 Å². The van der Waals surface area contributed by atoms with Gasteiger partial charge in [0.1, 0.15) is 5.75 Å². The molecule has 1 aliphatic rings. The molecule has 7 heteroatoms. The van der Waals surface area contributed by atoms with Crippen molar-refractivity contribution < 1.29 is 17.9 Å². The van der Waals surface area contributed by atoms with Crippen molar-refractivity contribution in [2.75, 3.05) is 10.8 Å². The van der Waals surface area contributed by atoms with Crippen LogP contribution in [0.15, 0.2) is 77.7 Å². The number of nitrogens with zero attached hydrogens (tertiary/aromatic N) is 1. The van der Waals surface area contributed by atoms with E-state index in [4.69, 9.17) is 4.74 Å². The number of hydrogen-bond acceptors (Lipinski definition) is 4. The average molecular weight is 521 g/mol. The number of aryl methyl sites for hydroxylation is 1. The van der Waals surface area contributed by atoms with Crippen molar-refractivity contribution in [1.82, 2.24) is 5.32 Å². The summed E-state index contributed by atoms with van der Waals surface area (Å²) in [6, 6.07) is 22.2. The largest absolute Gasteiger partial charge is 0.476 e. The molecule has 1 heterocycles. The van der Waals surface area contributed by atoms with Crippen LogP contribution in [0.5, 0.6) is 5.75 Å². The number of ether oxygens (including phenoxy) is 1. The highest BCUT2D eigenvalue weighted by molar-refractivity contribution is 7.92. The topological polar surface area (TPSA) is 75.7 Å². The number of amides is 1. The molecule has 3 aromatic rings. The first kappa shape index (κ1) is 26.7. The van der Waals surface area contributed by atoms with Crippen molar-refractivity contribution in [3.05, 3.63) is 89.5 Å². The van der Waals surface area contributed by atoms with Crippen LogP contribution in [0.1, 0.15) is 51.3 Å². The van der Waals surface area contributed by atoms with E-state index in [1.165, 1.54) is 4.31 Å². The number of anilines is 1. The van der Waals surface area contributed by atoms with Gasteiger partial charge in [0.2, 0.25) is 0 Å². The number of benzene rings is 3. The Morgan fingerprint density at radius 1 is 0.973 bits per heavy atom. The van der Waals surface area contributed by atoms with E-state index in [1.807, 2.05) is 63.2 Å². The molecule has 37 heavy (non-hydrogen) atoms. The van der Waals surface area contributed by atoms with Crippen LogP contribution in [-0.2, 0) is 26.7 Å². The summed E-state index contributed by atoms with van der Waals surface area (Å²) in [5.41, 5.74) is 2.74. The Morgan fingerprint density at radius 2 is 1.62 bits per heavy atom. The third-order valence-electron chi connectivity index (χ3n) is 6.55. The fourth-order valence-corrected chi connectivity index (χ4v) is 5.95. The van der Waals surface area contributed by atoms with E-state index in [0.29, 0.717) is 17.9 Å². The monoisotopic (exact) mass is 520 g/mol. The van der Waals surface area contributed by atoms with Crippen molar-refractivity contribution in [2.24, 2.45) is 0 Å². The van der Waals surface area contributed by atoms with Gasteiger partial charge in [-0.3, -0.25) is 9.10 Å². The van der Waals surface area contributed by atoms with Gasteiger partial charge < -0.3 is 10.1 Å². The van der Waals surface area contributed by atoms with E-state index in [-0.39, 0.29) is 22.8 Å². The number of fused-ring (bicyclic) bond motifs is 1. The molecular weight excluding hydrogens is 484 g/mol. The van der Waals surface area contributed by atoms with E-state index in [1.54, 1.807) is 30.3 Å². The van der Waals surface area contributed by atoms with E-state index in [0.717, 1.165) is 16.7 Å². The SMILES string of the molecule is Cc1ccc(S(=O)(=O)N2CC(C(=O)NC(C)(C)Cc3ccccc3)Oc3ccc(C(C)(C)C)cc32)cc1. The van der Waals surface area contributed by atoms with Gasteiger partial charge in [-0.15, -0.1) is 0 Å². The zero-order valence-corrected chi connectivity index (χ0v) is 23.2. The minimum absolute atomic E-state index is 0.121. The Bertz CT molecular complexity index is 1380. The molecule has 1 unspecified atom stereocenters. The number of carbonyl (C=O) groups excluding carboxylic acids is 1. The Balaban J connectivity index is 1.68. The average Bonchev–Trinajstić information content (AvgIpc) is 2.82. The molecule has 1 N–H and O–H groups in total. The van der Waals surface area contributed by atoms with Crippen molar-refractivity contribution in [2.45, 2.75) is 69.9 Å². The Labute approximate surface area is 220 Å². The Hall–Kier alpha value is -3.32. The smallest absolute Gasteiger partial charge is 0.264 e. The minimum atomic E-state index is -3.94. The van der Waals surface area contributed by atoms with E-state index in [2.05, 4.69) is 26.1 Å². The second kappa shape index (κ2) is 9.86. The fraction of sp³-hybridized carbons (Fsp3) is 0.367. The highest BCUT2D eigenvalue weighted by atomic mass is 32.2. The van der Waals surface area contributed by atoms with Crippen LogP contribution < -0.4 is 14.4 Å². The first-order valence-corrected chi connectivity index (χ1v) is 14.0. The standard InChI is InChI=1S/C30H36N2O4S/c1-21-12-15-24(16-13-21)37(34,35)32-20-27(36-26-17-14-23(18-25(26)32)29(2,3)4)28(33)31-30(5,6)19-22-10-8-7-9-11-22/h7-18,27H,19-20H2,1-6H3,(H,31,33). The highest BCUT2D eigenvalue weighted by Gasteiger charge is 2.39. The molecule has 1 amide bonds. The minimum Gasteiger partial charge on any atom is -0.476 e. The van der Waals surface area contributed by atoms with Gasteiger partial charge in [-0.2, -0.15) is 0 Å². The van der Waals surface area contributed by atoms with Gasteiger partial charge in [-0.1, -0.05) is 74.9 Å². The molecule has 0 aromatic heterocycles. The van der Waals surface area contributed by atoms with Crippen LogP contribution >= 0.6 is 0 Å². The van der Waals surface area contributed by atoms with Gasteiger partial charge >= 0.3 is 0 Å². The maximum atomic E-state index is 13.9. The molecule has 0 saturated heterocycles. The molecule has 0 aliphatic carbocycles. The van der Waals surface area contributed by atoms with Gasteiger partial charge in [0, 0.05) is 5.54 Å². The van der Waals surface area contributed by atoms with E-state index >= 15 is 0 Å². The molecule has 4 rings (SSSR count). The molecule has 3 aromatic carbocycles. The Morgan fingerprint density at radius 3 is 2.24 bits per heavy atom. The van der Waals surface area contributed by atoms with Crippen molar-refractivity contribution in [3.8, 4) is 5.75 Å². The second-order valence-corrected chi connectivity index (χ2v) is 13.3. The van der Waals surface area contributed by atoms with Crippen LogP contribution in [0.2, 0.25) is 0 Å². The summed E-state index contributed by atoms with van der Waals surface area (Å²) in [5, 5.41) is 3.07. The van der Waals surface area contributed by atoms with Gasteiger partial charge in [0.15, 0.2) is 6.10 Å². The summed E-state index contributed by atoms with van der Waals surface area (Å²) in [6.07, 6.45) is -0.369. The predicted molar refractivity (Wildman–Crippen MR) is 148 cm³/mol. The molecule has 6 nitrogen and oxygen atoms in total. The van der Waals surface area contributed by atoms with E-state index < -0.39 is 21.7 Å². The summed E-state index contributed by atoms with van der Waals surface area (Å²) in [7, 11) is -3.94. The van der Waals surface area contributed by atoms with Gasteiger partial charge in [-0.05, 0) is 68.0 Å². The molecule has 196 valence electrons. The van der Waals surface area contributed by atoms with Crippen LogP contribution in [-0.4, -0.2) is 32.5 Å². The van der Waals surface area contributed by atoms with Crippen molar-refractivity contribution in [3.63, 3.8) is 0 Å². The first-order chi connectivity index (χ1) is 17.3. The zero-order valence-electron chi connectivity index (χ0n) is 22.4. The highest BCUT2D eigenvalue weighted by Crippen LogP contribution is 2.40. The summed E-state index contributed by atoms with van der Waals surface area (Å²) < 4.78 is 35.2. The number of hydrogen-bond donors (Lipinski definition) is 1. The lowest BCUT2D eigenvalue weighted by Crippen LogP contribution is -2.55. The van der Waals surface area contributed by atoms with Crippen LogP contribution in [0.25, 0.3) is 0 Å². The zero-order chi connectivity index (χ0) is 27.0. The first-order valence-electron chi connectivity index (χ1n) is 12.5. The van der Waals surface area contributed by atoms with Crippen molar-refractivity contribution in [1.29, 1.82) is 0 Å². The molecule has 0 saturated carbocycles. The quantitative estimate of drug-likeness (QED) is 0.473. The van der Waals surface area contributed by atoms with Gasteiger partial charge in [0.05, 0.1) is 17.1 Å². The second-order valence-electron chi connectivity index (χ2n) is 11.4. The lowest BCUT2D eigenvalue weighted by atomic mass is 9.86. The molecule has 1 aliphatic heterocycles. The normalized spacial score (nSPS) is 16.1. The number of rotatable bonds is 6. The molecular formula is C30H36N2O4S. The van der Waals surface area contributed by atoms with Crippen LogP contribution in [0.3, 0.4) is 0 Å². The molecule has 0 radical (unpaired) electrons. The Kier molecular flexibility index (Phi) is 7.12. The fourth-order valence-electron chi connectivity index (χ4n) is 4.48. The maximum Gasteiger partial charge on any atom is 0.264 e. The summed E-state index contributed by atoms with van der Waals surface area (Å²) in [6.45, 7) is 11.9. The van der Waals surface area contributed by atoms with Crippen molar-refractivity contribution >= 4 is 21.6 Å². The van der Waals surface area contributed by atoms with Gasteiger partial charge in [0.25, 0.3) is 15.9 Å². The lowest BCUT2D eigenvalue weighted by molar-refractivity contribution is -0.129. The number of nitrogens with one attached hydrogen (secondary N) is 1. The molecule has 0 bridgehead atoms. The van der Waals surface area contributed by atoms with Crippen LogP contribution in [0.4, 0.5) is 5.69 Å². The van der Waals surface area contributed by atoms with E-state index in [9.17, 15) is 13.2 Å². The maximum absolute atomic E-state index is 13.9. The molecule has 0 spiro atoms. The van der Waals surface area contributed by atoms with Gasteiger partial charge in [-0.25, -0.2) is 8.42 Å². The summed E-state index contributed by atoms with van der Waals surface area (Å²) in [5.74, 6) is 0.0199. The number of sulfonamides is 1. The predicted octanol–water partition coefficient (Wildman–Crippen LogP) is 5.39. The lowest BCUT2D eigenvalue weighted by Gasteiger charge is -2.37. The third kappa shape index (κ3) is 5.99. The molecule has 0 fully saturated rings. The molecule has 1 atom stereocenters.